The number of hydrogen-bond donors (Lipinski definition) is 1. The number of hydrogen-bond acceptors (Lipinski definition) is 8. The van der Waals surface area contributed by atoms with E-state index in [9.17, 15) is 9.59 Å². The molecule has 9 nitrogen and oxygen atoms in total. The minimum atomic E-state index is -0.598. The summed E-state index contributed by atoms with van der Waals surface area (Å²) in [6.07, 6.45) is 1.85. The monoisotopic (exact) mass is 682 g/mol. The number of nitrogens with one attached hydrogen (secondary N) is 1. The summed E-state index contributed by atoms with van der Waals surface area (Å²) in [5.74, 6) is -1.05. The van der Waals surface area contributed by atoms with Crippen molar-refractivity contribution >= 4 is 46.5 Å². The number of esters is 1. The smallest absolute Gasteiger partial charge is 0.340 e. The third-order valence-corrected chi connectivity index (χ3v) is 10.3. The van der Waals surface area contributed by atoms with Crippen LogP contribution in [0.1, 0.15) is 53.0 Å². The van der Waals surface area contributed by atoms with E-state index in [-0.39, 0.29) is 58.5 Å². The minimum Gasteiger partial charge on any atom is -0.472 e. The second-order valence-corrected chi connectivity index (χ2v) is 13.7. The standard InChI is InChI=1S/C35H37Cl2FN4O5/c1-19-14-41(20(2)13-39-19)24-9-28(36)32(29(37)10-24)34(43)40-15-21-5-4-6-25(33(21)47-18-40)26-12-31(27(11-30(26)38)35(44)45-3)42-22-7-8-23(42)17-46-16-22/h4-6,9-12,19-20,22-23,39H,7-8,13-18H2,1-3H3/t19-,20+,22?,23?/m1/s1. The predicted molar refractivity (Wildman–Crippen MR) is 179 cm³/mol. The number of amides is 1. The number of carbonyl (C=O) groups excluding carboxylic acids is 2. The third kappa shape index (κ3) is 5.79. The van der Waals surface area contributed by atoms with Gasteiger partial charge in [0.05, 0.1) is 65.8 Å². The number of morpholine rings is 1. The van der Waals surface area contributed by atoms with Crippen LogP contribution in [0.5, 0.6) is 5.75 Å². The lowest BCUT2D eigenvalue weighted by atomic mass is 9.96. The van der Waals surface area contributed by atoms with Gasteiger partial charge in [0, 0.05) is 47.6 Å². The van der Waals surface area contributed by atoms with E-state index in [2.05, 4.69) is 29.0 Å². The maximum absolute atomic E-state index is 15.9. The molecule has 2 bridgehead atoms. The highest BCUT2D eigenvalue weighted by molar-refractivity contribution is 6.40. The predicted octanol–water partition coefficient (Wildman–Crippen LogP) is 6.13. The molecule has 248 valence electrons. The number of nitrogens with zero attached hydrogens (tertiary/aromatic N) is 3. The molecule has 0 spiro atoms. The Morgan fingerprint density at radius 1 is 1.02 bits per heavy atom. The summed E-state index contributed by atoms with van der Waals surface area (Å²) in [5, 5.41) is 4.01. The molecule has 3 aromatic carbocycles. The molecule has 0 aliphatic carbocycles. The van der Waals surface area contributed by atoms with Crippen LogP contribution >= 0.6 is 23.2 Å². The zero-order valence-corrected chi connectivity index (χ0v) is 28.0. The second kappa shape index (κ2) is 12.8. The van der Waals surface area contributed by atoms with Crippen LogP contribution in [0.25, 0.3) is 11.1 Å². The summed E-state index contributed by atoms with van der Waals surface area (Å²) < 4.78 is 32.9. The van der Waals surface area contributed by atoms with Gasteiger partial charge in [0.25, 0.3) is 5.91 Å². The van der Waals surface area contributed by atoms with Crippen molar-refractivity contribution in [2.24, 2.45) is 0 Å². The average Bonchev–Trinajstić information content (AvgIpc) is 3.31. The van der Waals surface area contributed by atoms with Crippen LogP contribution < -0.4 is 19.9 Å². The molecule has 47 heavy (non-hydrogen) atoms. The molecule has 1 amide bonds. The van der Waals surface area contributed by atoms with Crippen molar-refractivity contribution in [3.05, 3.63) is 75.0 Å². The fourth-order valence-corrected chi connectivity index (χ4v) is 8.00. The summed E-state index contributed by atoms with van der Waals surface area (Å²) in [5.41, 5.74) is 3.41. The average molecular weight is 684 g/mol. The normalized spacial score (nSPS) is 23.7. The Kier molecular flexibility index (Phi) is 8.72. The Morgan fingerprint density at radius 3 is 2.45 bits per heavy atom. The zero-order chi connectivity index (χ0) is 33.0. The van der Waals surface area contributed by atoms with Crippen molar-refractivity contribution < 1.29 is 28.2 Å². The van der Waals surface area contributed by atoms with Gasteiger partial charge in [-0.05, 0) is 51.0 Å². The second-order valence-electron chi connectivity index (χ2n) is 12.8. The summed E-state index contributed by atoms with van der Waals surface area (Å²) in [4.78, 5) is 32.6. The van der Waals surface area contributed by atoms with Crippen molar-refractivity contribution in [1.29, 1.82) is 0 Å². The first-order chi connectivity index (χ1) is 22.6. The van der Waals surface area contributed by atoms with Crippen LogP contribution in [0.3, 0.4) is 0 Å². The number of methoxy groups -OCH3 is 1. The van der Waals surface area contributed by atoms with Gasteiger partial charge in [-0.3, -0.25) is 4.79 Å². The third-order valence-electron chi connectivity index (χ3n) is 9.75. The van der Waals surface area contributed by atoms with Crippen LogP contribution in [0.15, 0.2) is 42.5 Å². The molecule has 12 heteroatoms. The van der Waals surface area contributed by atoms with Gasteiger partial charge >= 0.3 is 5.97 Å². The summed E-state index contributed by atoms with van der Waals surface area (Å²) in [6, 6.07) is 12.7. The molecule has 3 aromatic rings. The number of anilines is 2. The Balaban J connectivity index is 1.18. The number of benzene rings is 3. The van der Waals surface area contributed by atoms with Crippen LogP contribution in [0.2, 0.25) is 10.0 Å². The molecule has 4 aliphatic heterocycles. The van der Waals surface area contributed by atoms with E-state index >= 15 is 4.39 Å². The summed E-state index contributed by atoms with van der Waals surface area (Å²) >= 11 is 13.4. The largest absolute Gasteiger partial charge is 0.472 e. The fourth-order valence-electron chi connectivity index (χ4n) is 7.36. The highest BCUT2D eigenvalue weighted by atomic mass is 35.5. The number of rotatable bonds is 5. The first-order valence-electron chi connectivity index (χ1n) is 16.0. The molecule has 2 unspecified atom stereocenters. The lowest BCUT2D eigenvalue weighted by Crippen LogP contribution is -2.54. The van der Waals surface area contributed by atoms with Crippen molar-refractivity contribution in [3.8, 4) is 16.9 Å². The molecular formula is C35H37Cl2FN4O5. The fraction of sp³-hybridized carbons (Fsp3) is 0.429. The maximum Gasteiger partial charge on any atom is 0.340 e. The molecule has 0 saturated carbocycles. The van der Waals surface area contributed by atoms with Crippen molar-refractivity contribution in [3.63, 3.8) is 0 Å². The number of carbonyl (C=O) groups is 2. The number of ether oxygens (including phenoxy) is 3. The van der Waals surface area contributed by atoms with Gasteiger partial charge in [-0.15, -0.1) is 0 Å². The SMILES string of the molecule is COC(=O)c1cc(F)c(-c2cccc3c2OCN(C(=O)c2c(Cl)cc(N4C[C@@H](C)NC[C@@H]4C)cc2Cl)C3)cc1N1C2CCC1COC2. The van der Waals surface area contributed by atoms with Crippen LogP contribution in [-0.2, 0) is 16.0 Å². The van der Waals surface area contributed by atoms with E-state index in [0.717, 1.165) is 31.6 Å². The van der Waals surface area contributed by atoms with Gasteiger partial charge in [0.2, 0.25) is 0 Å². The zero-order valence-electron chi connectivity index (χ0n) is 26.5. The highest BCUT2D eigenvalue weighted by Gasteiger charge is 2.40. The Labute approximate surface area is 283 Å². The summed E-state index contributed by atoms with van der Waals surface area (Å²) in [6.45, 7) is 7.10. The molecule has 0 aromatic heterocycles. The molecule has 4 atom stereocenters. The number of fused-ring (bicyclic) bond motifs is 3. The van der Waals surface area contributed by atoms with Crippen LogP contribution in [-0.4, -0.2) is 81.1 Å². The molecular weight excluding hydrogens is 646 g/mol. The van der Waals surface area contributed by atoms with E-state index < -0.39 is 11.8 Å². The molecule has 4 aliphatic rings. The van der Waals surface area contributed by atoms with Crippen LogP contribution in [0, 0.1) is 5.82 Å². The Hall–Kier alpha value is -3.57. The number of piperazine rings is 1. The Morgan fingerprint density at radius 2 is 1.74 bits per heavy atom. The van der Waals surface area contributed by atoms with E-state index in [1.807, 2.05) is 12.1 Å². The van der Waals surface area contributed by atoms with Crippen molar-refractivity contribution in [2.75, 3.05) is 49.9 Å². The summed E-state index contributed by atoms with van der Waals surface area (Å²) in [7, 11) is 1.29. The molecule has 0 radical (unpaired) electrons. The lowest BCUT2D eigenvalue weighted by molar-refractivity contribution is 0.0515. The van der Waals surface area contributed by atoms with Gasteiger partial charge in [-0.1, -0.05) is 41.4 Å². The topological polar surface area (TPSA) is 83.6 Å². The maximum atomic E-state index is 15.9. The quantitative estimate of drug-likeness (QED) is 0.322. The van der Waals surface area contributed by atoms with Gasteiger partial charge in [0.1, 0.15) is 11.6 Å². The highest BCUT2D eigenvalue weighted by Crippen LogP contribution is 2.43. The van der Waals surface area contributed by atoms with Crippen molar-refractivity contribution in [2.45, 2.75) is 57.4 Å². The van der Waals surface area contributed by atoms with Gasteiger partial charge < -0.3 is 34.2 Å². The molecule has 7 rings (SSSR count). The van der Waals surface area contributed by atoms with E-state index in [4.69, 9.17) is 37.4 Å². The van der Waals surface area contributed by atoms with Gasteiger partial charge in [-0.2, -0.15) is 0 Å². The Bertz CT molecular complexity index is 1700. The van der Waals surface area contributed by atoms with E-state index in [0.29, 0.717) is 47.4 Å². The molecule has 1 N–H and O–H groups in total. The van der Waals surface area contributed by atoms with Gasteiger partial charge in [0.15, 0.2) is 6.73 Å². The van der Waals surface area contributed by atoms with Gasteiger partial charge in [-0.25, -0.2) is 9.18 Å². The lowest BCUT2D eigenvalue weighted by Gasteiger charge is -2.39. The molecule has 4 heterocycles. The first kappa shape index (κ1) is 32.0. The van der Waals surface area contributed by atoms with Crippen molar-refractivity contribution in [1.82, 2.24) is 10.2 Å². The molecule has 3 saturated heterocycles. The van der Waals surface area contributed by atoms with E-state index in [1.165, 1.54) is 18.1 Å². The number of halogens is 3. The van der Waals surface area contributed by atoms with Crippen LogP contribution in [0.4, 0.5) is 15.8 Å². The first-order valence-corrected chi connectivity index (χ1v) is 16.7. The molecule has 3 fully saturated rings. The minimum absolute atomic E-state index is 0.0774. The van der Waals surface area contributed by atoms with E-state index in [1.54, 1.807) is 24.3 Å². The number of para-hydroxylation sites is 1.